The summed E-state index contributed by atoms with van der Waals surface area (Å²) < 4.78 is 0. The number of allylic oxidation sites excluding steroid dienone is 2. The number of nitrogens with zero attached hydrogens (tertiary/aromatic N) is 4. The van der Waals surface area contributed by atoms with Crippen LogP contribution >= 0.6 is 59.4 Å². The largest absolute Gasteiger partial charge is 0.656 e. The molecule has 0 aliphatic heterocycles. The SMILES string of the molecule is CCCCN=C1CCCC=C1[N-]c1c(C(C)C)cccc1C(C)C.CN(C)CC[c-]1cccc1.CN=Cc1ccccc1O.P.P.P.P.P.P.[Hf].[Ti].[Zr]. The maximum atomic E-state index is 9.15. The fourth-order valence-electron chi connectivity index (χ4n) is 4.83. The van der Waals surface area contributed by atoms with Crippen LogP contribution in [0.1, 0.15) is 101 Å². The summed E-state index contributed by atoms with van der Waals surface area (Å²) in [5, 5.41) is 14.3. The molecule has 0 radical (unpaired) electrons. The van der Waals surface area contributed by atoms with E-state index in [0.717, 1.165) is 43.6 Å². The molecule has 6 unspecified atom stereocenters. The molecule has 4 rings (SSSR count). The number of unbranched alkanes of at least 4 members (excludes halogenated alkanes) is 1. The molecule has 0 bridgehead atoms. The molecule has 0 aromatic heterocycles. The molecule has 6 atom stereocenters. The Bertz CT molecular complexity index is 1320. The van der Waals surface area contributed by atoms with Crippen LogP contribution in [-0.4, -0.2) is 56.2 Å². The van der Waals surface area contributed by atoms with Gasteiger partial charge in [0, 0.05) is 105 Å². The summed E-state index contributed by atoms with van der Waals surface area (Å²) >= 11 is 0. The average molecular weight is 1120 g/mol. The quantitative estimate of drug-likeness (QED) is 0.0684. The fourth-order valence-corrected chi connectivity index (χ4v) is 4.83. The van der Waals surface area contributed by atoms with Crippen molar-refractivity contribution in [1.82, 2.24) is 4.90 Å². The van der Waals surface area contributed by atoms with Gasteiger partial charge < -0.3 is 15.3 Å². The zero-order chi connectivity index (χ0) is 32.3. The van der Waals surface area contributed by atoms with Crippen LogP contribution < -0.4 is 0 Å². The molecule has 0 amide bonds. The van der Waals surface area contributed by atoms with Gasteiger partial charge in [0.1, 0.15) is 5.75 Å². The minimum absolute atomic E-state index is 0. The average Bonchev–Trinajstić information content (AvgIpc) is 3.53. The van der Waals surface area contributed by atoms with Gasteiger partial charge in [-0.3, -0.25) is 9.98 Å². The van der Waals surface area contributed by atoms with E-state index in [9.17, 15) is 0 Å². The number of rotatable bonds is 11. The van der Waals surface area contributed by atoms with Crippen molar-refractivity contribution >= 4 is 77.0 Å². The molecule has 0 saturated carbocycles. The number of hydrogen-bond acceptors (Lipinski definition) is 4. The summed E-state index contributed by atoms with van der Waals surface area (Å²) in [7, 11) is 5.87. The Morgan fingerprint density at radius 2 is 1.42 bits per heavy atom. The Kier molecular flexibility index (Phi) is 58.6. The zero-order valence-electron chi connectivity index (χ0n) is 34.3. The Morgan fingerprint density at radius 3 is 1.89 bits per heavy atom. The molecular weight excluding hydrogens is 1040 g/mol. The molecule has 1 N–H and O–H groups in total. The molecule has 0 fully saturated rings. The van der Waals surface area contributed by atoms with E-state index < -0.39 is 0 Å². The smallest absolute Gasteiger partial charge is 0.124 e. The van der Waals surface area contributed by atoms with Crippen LogP contribution in [0.2, 0.25) is 0 Å². The molecule has 0 saturated heterocycles. The van der Waals surface area contributed by atoms with Crippen molar-refractivity contribution in [2.24, 2.45) is 9.98 Å². The molecule has 3 aromatic carbocycles. The van der Waals surface area contributed by atoms with Crippen LogP contribution in [0.3, 0.4) is 0 Å². The number of aliphatic imine (C=N–C) groups is 2. The first-order valence-corrected chi connectivity index (χ1v) is 16.3. The molecule has 0 spiro atoms. The van der Waals surface area contributed by atoms with Gasteiger partial charge in [0.25, 0.3) is 0 Å². The van der Waals surface area contributed by atoms with Crippen molar-refractivity contribution in [2.45, 2.75) is 85.0 Å². The van der Waals surface area contributed by atoms with Gasteiger partial charge in [-0.05, 0) is 70.3 Å². The van der Waals surface area contributed by atoms with Crippen LogP contribution in [0.15, 0.2) is 88.5 Å². The van der Waals surface area contributed by atoms with Crippen molar-refractivity contribution in [3.8, 4) is 5.75 Å². The topological polar surface area (TPSA) is 62.3 Å². The molecule has 14 heteroatoms. The van der Waals surface area contributed by atoms with E-state index in [1.54, 1.807) is 25.4 Å². The van der Waals surface area contributed by atoms with Crippen LogP contribution in [0, 0.1) is 0 Å². The van der Waals surface area contributed by atoms with Gasteiger partial charge in [-0.15, -0.1) is 11.4 Å². The number of hydrogen-bond donors (Lipinski definition) is 1. The summed E-state index contributed by atoms with van der Waals surface area (Å²) in [5.41, 5.74) is 8.40. The number of likely N-dealkylation sites (N-methyl/N-ethyl adjacent to an activating group) is 1. The van der Waals surface area contributed by atoms with Crippen LogP contribution in [0.25, 0.3) is 5.32 Å². The Hall–Kier alpha value is 1.48. The maximum absolute atomic E-state index is 9.15. The van der Waals surface area contributed by atoms with Gasteiger partial charge in [-0.2, -0.15) is 77.1 Å². The van der Waals surface area contributed by atoms with Gasteiger partial charge in [0.15, 0.2) is 0 Å². The van der Waals surface area contributed by atoms with Gasteiger partial charge in [-0.25, -0.2) is 12.1 Å². The van der Waals surface area contributed by atoms with Crippen molar-refractivity contribution in [1.29, 1.82) is 0 Å². The monoisotopic (exact) mass is 1120 g/mol. The second kappa shape index (κ2) is 43.1. The molecule has 53 heavy (non-hydrogen) atoms. The third kappa shape index (κ3) is 29.4. The van der Waals surface area contributed by atoms with E-state index in [-0.39, 0.29) is 139 Å². The van der Waals surface area contributed by atoms with Gasteiger partial charge in [-0.1, -0.05) is 95.0 Å². The first kappa shape index (κ1) is 72.1. The maximum Gasteiger partial charge on any atom is 0.124 e. The van der Waals surface area contributed by atoms with E-state index in [4.69, 9.17) is 15.4 Å². The number of benzene rings is 2. The normalized spacial score (nSPS) is 11.6. The van der Waals surface area contributed by atoms with E-state index in [2.05, 4.69) is 107 Å². The summed E-state index contributed by atoms with van der Waals surface area (Å²) in [6.45, 7) is 13.3. The Balaban J connectivity index is -0.0000000995. The molecule has 1 aliphatic rings. The Labute approximate surface area is 397 Å². The standard InChI is InChI=1S/C22H33N2.C9H14N.C8H9NO.Hf.6H3P.Ti.Zr/c1-6-7-15-23-20-13-8-9-14-21(20)24-22-18(16(2)3)11-10-12-19(22)17(4)5;1-10(2)8-7-9-5-3-4-6-9;1-9-6-7-4-2-3-5-8(7)10;;;;;;;;;/h10-12,14,16-17H,6-9,13,15H2,1-5H3;3-6H,7-8H2,1-2H3;2-6,10H,1H3;;6*1H3;;/q2*-1;;;;;;;;;;. The summed E-state index contributed by atoms with van der Waals surface area (Å²) in [6, 6.07) is 22.2. The fraction of sp³-hybridized carbons (Fsp3) is 0.462. The van der Waals surface area contributed by atoms with Gasteiger partial charge in [0.2, 0.25) is 0 Å². The first-order valence-electron chi connectivity index (χ1n) is 16.3. The second-order valence-corrected chi connectivity index (χ2v) is 12.2. The minimum Gasteiger partial charge on any atom is -0.656 e. The molecule has 1 aliphatic carbocycles. The molecule has 300 valence electrons. The number of para-hydroxylation sites is 2. The number of phenols is 1. The van der Waals surface area contributed by atoms with Crippen molar-refractivity contribution in [3.05, 3.63) is 106 Å². The predicted molar refractivity (Wildman–Crippen MR) is 259 cm³/mol. The van der Waals surface area contributed by atoms with Crippen molar-refractivity contribution < 1.29 is 78.9 Å². The summed E-state index contributed by atoms with van der Waals surface area (Å²) in [4.78, 5) is 10.8. The predicted octanol–water partition coefficient (Wildman–Crippen LogP) is 10.5. The summed E-state index contributed by atoms with van der Waals surface area (Å²) in [6.07, 6.45) is 10.8. The van der Waals surface area contributed by atoms with E-state index in [1.165, 1.54) is 47.4 Å². The van der Waals surface area contributed by atoms with E-state index in [0.29, 0.717) is 11.8 Å². The molecule has 0 heterocycles. The van der Waals surface area contributed by atoms with Crippen LogP contribution in [-0.2, 0) is 80.2 Å². The van der Waals surface area contributed by atoms with Gasteiger partial charge >= 0.3 is 0 Å². The molecule has 5 nitrogen and oxygen atoms in total. The first-order chi connectivity index (χ1) is 21.2. The number of phenolic OH excluding ortho intramolecular Hbond substituents is 1. The van der Waals surface area contributed by atoms with Gasteiger partial charge in [0.05, 0.1) is 0 Å². The summed E-state index contributed by atoms with van der Waals surface area (Å²) in [5.74, 6) is 1.23. The second-order valence-electron chi connectivity index (χ2n) is 12.2. The molecular formula is C39H74HfN4OP6TiZr-2. The zero-order valence-corrected chi connectivity index (χ0v) is 50.4. The van der Waals surface area contributed by atoms with Crippen molar-refractivity contribution in [2.75, 3.05) is 34.2 Å². The van der Waals surface area contributed by atoms with E-state index in [1.807, 2.05) is 12.1 Å². The number of aromatic hydroxyl groups is 1. The van der Waals surface area contributed by atoms with Crippen LogP contribution in [0.4, 0.5) is 5.69 Å². The third-order valence-corrected chi connectivity index (χ3v) is 7.42. The minimum atomic E-state index is 0. The Morgan fingerprint density at radius 1 is 0.868 bits per heavy atom. The van der Waals surface area contributed by atoms with E-state index >= 15 is 0 Å². The van der Waals surface area contributed by atoms with Crippen molar-refractivity contribution in [3.63, 3.8) is 0 Å². The third-order valence-electron chi connectivity index (χ3n) is 7.42. The molecule has 3 aromatic rings. The van der Waals surface area contributed by atoms with Crippen LogP contribution in [0.5, 0.6) is 5.75 Å².